The Hall–Kier alpha value is -3.33. The molecular weight excluding hydrogens is 404 g/mol. The number of nitrogens with zero attached hydrogens (tertiary/aromatic N) is 4. The summed E-state index contributed by atoms with van der Waals surface area (Å²) in [6, 6.07) is 13.6. The summed E-state index contributed by atoms with van der Waals surface area (Å²) in [4.78, 5) is 0.745. The van der Waals surface area contributed by atoms with Crippen molar-refractivity contribution in [2.24, 2.45) is 0 Å². The number of fused-ring (bicyclic) bond motifs is 2. The van der Waals surface area contributed by atoms with E-state index in [2.05, 4.69) is 10.2 Å². The summed E-state index contributed by atoms with van der Waals surface area (Å²) in [5, 5.41) is 14.1. The average molecular weight is 424 g/mol. The van der Waals surface area contributed by atoms with Crippen molar-refractivity contribution in [3.63, 3.8) is 0 Å². The van der Waals surface area contributed by atoms with Crippen LogP contribution in [0.2, 0.25) is 0 Å². The third kappa shape index (κ3) is 3.41. The second-order valence-corrected chi connectivity index (χ2v) is 7.79. The molecule has 2 aromatic carbocycles. The Labute approximate surface area is 177 Å². The number of ether oxygens (including phenoxy) is 4. The van der Waals surface area contributed by atoms with Crippen LogP contribution in [0.1, 0.15) is 22.5 Å². The van der Waals surface area contributed by atoms with Crippen LogP contribution in [0.25, 0.3) is 4.96 Å². The molecule has 4 aromatic rings. The fourth-order valence-electron chi connectivity index (χ4n) is 3.39. The summed E-state index contributed by atoms with van der Waals surface area (Å²) in [5.41, 5.74) is 1.13. The quantitative estimate of drug-likeness (QED) is 0.469. The molecule has 0 bridgehead atoms. The van der Waals surface area contributed by atoms with Crippen molar-refractivity contribution in [1.29, 1.82) is 0 Å². The smallest absolute Gasteiger partial charge is 0.234 e. The van der Waals surface area contributed by atoms with Crippen molar-refractivity contribution in [3.05, 3.63) is 58.9 Å². The van der Waals surface area contributed by atoms with Crippen molar-refractivity contribution in [2.75, 3.05) is 20.8 Å². The largest absolute Gasteiger partial charge is 0.493 e. The molecule has 2 aromatic heterocycles. The molecule has 0 radical (unpaired) electrons. The molecule has 0 amide bonds. The molecule has 0 saturated carbocycles. The number of hydrogen-bond acceptors (Lipinski definition) is 8. The van der Waals surface area contributed by atoms with Crippen LogP contribution in [0.5, 0.6) is 23.0 Å². The van der Waals surface area contributed by atoms with E-state index in [1.807, 2.05) is 42.5 Å². The van der Waals surface area contributed by atoms with Crippen molar-refractivity contribution in [3.8, 4) is 23.0 Å². The predicted octanol–water partition coefficient (Wildman–Crippen LogP) is 3.50. The zero-order valence-electron chi connectivity index (χ0n) is 16.6. The van der Waals surface area contributed by atoms with Crippen LogP contribution in [0.4, 0.5) is 0 Å². The van der Waals surface area contributed by atoms with E-state index in [0.717, 1.165) is 39.3 Å². The molecule has 5 rings (SSSR count). The molecule has 1 aliphatic rings. The van der Waals surface area contributed by atoms with Crippen LogP contribution >= 0.6 is 11.3 Å². The first-order chi connectivity index (χ1) is 14.7. The maximum Gasteiger partial charge on any atom is 0.234 e. The van der Waals surface area contributed by atoms with Gasteiger partial charge in [0.05, 0.1) is 14.2 Å². The van der Waals surface area contributed by atoms with Gasteiger partial charge in [0.25, 0.3) is 0 Å². The zero-order valence-corrected chi connectivity index (χ0v) is 17.4. The first kappa shape index (κ1) is 18.7. The molecule has 1 aliphatic heterocycles. The summed E-state index contributed by atoms with van der Waals surface area (Å²) in [5.74, 6) is 3.72. The molecule has 0 spiro atoms. The van der Waals surface area contributed by atoms with E-state index >= 15 is 0 Å². The molecule has 0 fully saturated rings. The molecule has 0 saturated heterocycles. The second-order valence-electron chi connectivity index (χ2n) is 6.80. The van der Waals surface area contributed by atoms with Gasteiger partial charge in [-0.1, -0.05) is 29.5 Å². The van der Waals surface area contributed by atoms with Gasteiger partial charge in [0.2, 0.25) is 4.96 Å². The Bertz CT molecular complexity index is 1190. The van der Waals surface area contributed by atoms with Gasteiger partial charge in [0.15, 0.2) is 39.9 Å². The van der Waals surface area contributed by atoms with E-state index in [1.54, 1.807) is 18.7 Å². The number of methoxy groups -OCH3 is 2. The molecule has 9 heteroatoms. The van der Waals surface area contributed by atoms with Gasteiger partial charge in [-0.15, -0.1) is 10.2 Å². The van der Waals surface area contributed by atoms with Gasteiger partial charge in [-0.2, -0.15) is 9.61 Å². The zero-order chi connectivity index (χ0) is 20.5. The van der Waals surface area contributed by atoms with Gasteiger partial charge >= 0.3 is 0 Å². The Morgan fingerprint density at radius 1 is 1.03 bits per heavy atom. The SMILES string of the molecule is COc1ccc(CCc2nnc3sc([C@@H]4COc5ccccc5O4)nn23)cc1OC. The summed E-state index contributed by atoms with van der Waals surface area (Å²) < 4.78 is 24.4. The summed E-state index contributed by atoms with van der Waals surface area (Å²) in [6.45, 7) is 0.419. The number of rotatable bonds is 6. The number of para-hydroxylation sites is 2. The van der Waals surface area contributed by atoms with Crippen LogP contribution in [0.3, 0.4) is 0 Å². The van der Waals surface area contributed by atoms with Crippen LogP contribution in [0, 0.1) is 0 Å². The first-order valence-electron chi connectivity index (χ1n) is 9.55. The van der Waals surface area contributed by atoms with E-state index in [9.17, 15) is 0 Å². The summed E-state index contributed by atoms with van der Waals surface area (Å²) in [7, 11) is 3.26. The van der Waals surface area contributed by atoms with Crippen LogP contribution in [-0.2, 0) is 12.8 Å². The fourth-order valence-corrected chi connectivity index (χ4v) is 4.26. The molecule has 0 aliphatic carbocycles. The number of aryl methyl sites for hydroxylation is 2. The van der Waals surface area contributed by atoms with Crippen molar-refractivity contribution in [2.45, 2.75) is 18.9 Å². The molecule has 0 unspecified atom stereocenters. The standard InChI is InChI=1S/C21H20N4O4S/c1-26-14-9-7-13(11-17(14)27-2)8-10-19-22-23-21-25(19)24-20(30-21)18-12-28-15-5-3-4-6-16(15)29-18/h3-7,9,11,18H,8,10,12H2,1-2H3/t18-/m0/s1. The predicted molar refractivity (Wildman–Crippen MR) is 111 cm³/mol. The minimum atomic E-state index is -0.259. The van der Waals surface area contributed by atoms with Gasteiger partial charge in [0, 0.05) is 6.42 Å². The fraction of sp³-hybridized carbons (Fsp3) is 0.286. The van der Waals surface area contributed by atoms with Crippen LogP contribution < -0.4 is 18.9 Å². The second kappa shape index (κ2) is 7.83. The molecule has 0 N–H and O–H groups in total. The van der Waals surface area contributed by atoms with Gasteiger partial charge in [-0.05, 0) is 36.2 Å². The number of hydrogen-bond donors (Lipinski definition) is 0. The highest BCUT2D eigenvalue weighted by Gasteiger charge is 2.26. The van der Waals surface area contributed by atoms with E-state index in [0.29, 0.717) is 24.5 Å². The van der Waals surface area contributed by atoms with Crippen LogP contribution in [-0.4, -0.2) is 40.6 Å². The van der Waals surface area contributed by atoms with E-state index < -0.39 is 0 Å². The molecule has 154 valence electrons. The third-order valence-corrected chi connectivity index (χ3v) is 5.93. The van der Waals surface area contributed by atoms with E-state index in [1.165, 1.54) is 11.3 Å². The van der Waals surface area contributed by atoms with E-state index in [4.69, 9.17) is 24.0 Å². The maximum absolute atomic E-state index is 6.07. The lowest BCUT2D eigenvalue weighted by atomic mass is 10.1. The highest BCUT2D eigenvalue weighted by atomic mass is 32.1. The van der Waals surface area contributed by atoms with Crippen molar-refractivity contribution < 1.29 is 18.9 Å². The lowest BCUT2D eigenvalue weighted by Gasteiger charge is -2.24. The first-order valence-corrected chi connectivity index (χ1v) is 10.4. The molecule has 30 heavy (non-hydrogen) atoms. The molecular formula is C21H20N4O4S. The topological polar surface area (TPSA) is 80.0 Å². The monoisotopic (exact) mass is 424 g/mol. The molecule has 8 nitrogen and oxygen atoms in total. The molecule has 1 atom stereocenters. The van der Waals surface area contributed by atoms with Gasteiger partial charge in [0.1, 0.15) is 6.61 Å². The Morgan fingerprint density at radius 2 is 1.87 bits per heavy atom. The highest BCUT2D eigenvalue weighted by Crippen LogP contribution is 2.37. The Kier molecular flexibility index (Phi) is 4.88. The summed E-state index contributed by atoms with van der Waals surface area (Å²) >= 11 is 1.47. The Morgan fingerprint density at radius 3 is 2.70 bits per heavy atom. The minimum absolute atomic E-state index is 0.259. The Balaban J connectivity index is 1.33. The maximum atomic E-state index is 6.07. The number of aromatic nitrogens is 4. The third-order valence-electron chi connectivity index (χ3n) is 4.94. The number of benzene rings is 2. The van der Waals surface area contributed by atoms with Crippen molar-refractivity contribution in [1.82, 2.24) is 19.8 Å². The highest BCUT2D eigenvalue weighted by molar-refractivity contribution is 7.16. The van der Waals surface area contributed by atoms with E-state index in [-0.39, 0.29) is 6.10 Å². The van der Waals surface area contributed by atoms with Crippen LogP contribution in [0.15, 0.2) is 42.5 Å². The lowest BCUT2D eigenvalue weighted by molar-refractivity contribution is 0.0904. The van der Waals surface area contributed by atoms with Crippen molar-refractivity contribution >= 4 is 16.3 Å². The summed E-state index contributed by atoms with van der Waals surface area (Å²) in [6.07, 6.45) is 1.22. The van der Waals surface area contributed by atoms with Gasteiger partial charge in [-0.3, -0.25) is 0 Å². The van der Waals surface area contributed by atoms with Gasteiger partial charge in [-0.25, -0.2) is 0 Å². The minimum Gasteiger partial charge on any atom is -0.493 e. The molecule has 3 heterocycles. The average Bonchev–Trinajstić information content (AvgIpc) is 3.38. The lowest BCUT2D eigenvalue weighted by Crippen LogP contribution is -2.21. The normalized spacial score (nSPS) is 15.3. The van der Waals surface area contributed by atoms with Gasteiger partial charge < -0.3 is 18.9 Å².